The molecule has 2 aromatic rings. The third kappa shape index (κ3) is 3.39. The van der Waals surface area contributed by atoms with Gasteiger partial charge in [0.25, 0.3) is 0 Å². The van der Waals surface area contributed by atoms with Gasteiger partial charge in [-0.2, -0.15) is 0 Å². The predicted octanol–water partition coefficient (Wildman–Crippen LogP) is 2.57. The molecule has 1 fully saturated rings. The van der Waals surface area contributed by atoms with Crippen LogP contribution in [0.5, 0.6) is 0 Å². The summed E-state index contributed by atoms with van der Waals surface area (Å²) < 4.78 is 0. The zero-order valence-electron chi connectivity index (χ0n) is 12.7. The second-order valence-electron chi connectivity index (χ2n) is 5.69. The first kappa shape index (κ1) is 15.2. The smallest absolute Gasteiger partial charge is 0.306 e. The molecule has 1 saturated heterocycles. The van der Waals surface area contributed by atoms with Crippen LogP contribution in [0.1, 0.15) is 18.4 Å². The van der Waals surface area contributed by atoms with Crippen molar-refractivity contribution in [2.24, 2.45) is 5.92 Å². The monoisotopic (exact) mass is 310 g/mol. The number of likely N-dealkylation sites (tertiary alicyclic amines) is 1. The fraction of sp³-hybridized carbons (Fsp3) is 0.278. The summed E-state index contributed by atoms with van der Waals surface area (Å²) in [5, 5.41) is 10.0. The summed E-state index contributed by atoms with van der Waals surface area (Å²) >= 11 is 0. The van der Waals surface area contributed by atoms with Crippen molar-refractivity contribution in [1.82, 2.24) is 9.88 Å². The van der Waals surface area contributed by atoms with Crippen LogP contribution in [0.2, 0.25) is 0 Å². The molecule has 0 saturated carbocycles. The number of rotatable bonds is 3. The molecule has 0 bridgehead atoms. The highest BCUT2D eigenvalue weighted by molar-refractivity contribution is 5.95. The van der Waals surface area contributed by atoms with Crippen LogP contribution in [0, 0.1) is 5.92 Å². The number of aliphatic carboxylic acids is 1. The molecule has 0 atom stereocenters. The van der Waals surface area contributed by atoms with E-state index in [-0.39, 0.29) is 11.8 Å². The van der Waals surface area contributed by atoms with Gasteiger partial charge in [0.2, 0.25) is 5.91 Å². The van der Waals surface area contributed by atoms with Crippen LogP contribution in [0.15, 0.2) is 42.6 Å². The normalized spacial score (nSPS) is 16.1. The zero-order valence-corrected chi connectivity index (χ0v) is 12.7. The first-order valence-corrected chi connectivity index (χ1v) is 7.68. The van der Waals surface area contributed by atoms with Gasteiger partial charge in [-0.15, -0.1) is 0 Å². The van der Waals surface area contributed by atoms with E-state index in [0.29, 0.717) is 25.9 Å². The molecule has 1 N–H and O–H groups in total. The minimum Gasteiger partial charge on any atom is -0.481 e. The molecule has 23 heavy (non-hydrogen) atoms. The lowest BCUT2D eigenvalue weighted by Crippen LogP contribution is -2.39. The summed E-state index contributed by atoms with van der Waals surface area (Å²) in [7, 11) is 0. The average Bonchev–Trinajstić information content (AvgIpc) is 2.59. The van der Waals surface area contributed by atoms with Crippen molar-refractivity contribution in [3.63, 3.8) is 0 Å². The van der Waals surface area contributed by atoms with Gasteiger partial charge in [0, 0.05) is 36.3 Å². The highest BCUT2D eigenvalue weighted by atomic mass is 16.4. The highest BCUT2D eigenvalue weighted by Crippen LogP contribution is 2.19. The molecular weight excluding hydrogens is 292 g/mol. The Hall–Kier alpha value is -2.69. The third-order valence-corrected chi connectivity index (χ3v) is 4.23. The molecule has 1 amide bonds. The molecule has 118 valence electrons. The van der Waals surface area contributed by atoms with Gasteiger partial charge in [-0.05, 0) is 25.0 Å². The summed E-state index contributed by atoms with van der Waals surface area (Å²) in [5.74, 6) is -1.18. The molecule has 0 radical (unpaired) electrons. The van der Waals surface area contributed by atoms with Crippen molar-refractivity contribution in [2.45, 2.75) is 12.8 Å². The van der Waals surface area contributed by atoms with Crippen LogP contribution in [-0.2, 0) is 9.59 Å². The lowest BCUT2D eigenvalue weighted by atomic mass is 9.97. The van der Waals surface area contributed by atoms with Crippen molar-refractivity contribution in [3.8, 4) is 0 Å². The fourth-order valence-corrected chi connectivity index (χ4v) is 2.88. The van der Waals surface area contributed by atoms with Crippen LogP contribution in [-0.4, -0.2) is 40.0 Å². The van der Waals surface area contributed by atoms with Crippen molar-refractivity contribution in [3.05, 3.63) is 48.2 Å². The Morgan fingerprint density at radius 2 is 1.91 bits per heavy atom. The number of hydrogen-bond donors (Lipinski definition) is 1. The maximum atomic E-state index is 12.3. The Morgan fingerprint density at radius 3 is 2.65 bits per heavy atom. The number of carboxylic acids is 1. The molecule has 1 aromatic heterocycles. The maximum Gasteiger partial charge on any atom is 0.306 e. The Bertz CT molecular complexity index is 756. The van der Waals surface area contributed by atoms with E-state index >= 15 is 0 Å². The number of carboxylic acid groups (broad SMARTS) is 1. The summed E-state index contributed by atoms with van der Waals surface area (Å²) in [6.07, 6.45) is 6.10. The van der Waals surface area contributed by atoms with E-state index < -0.39 is 5.97 Å². The number of carbonyl (C=O) groups excluding carboxylic acids is 1. The number of pyridine rings is 1. The Labute approximate surface area is 134 Å². The minimum absolute atomic E-state index is 0.0817. The minimum atomic E-state index is -0.769. The van der Waals surface area contributed by atoms with Crippen LogP contribution in [0.3, 0.4) is 0 Å². The van der Waals surface area contributed by atoms with Gasteiger partial charge in [0.1, 0.15) is 0 Å². The van der Waals surface area contributed by atoms with Crippen molar-refractivity contribution in [2.75, 3.05) is 13.1 Å². The molecule has 0 unspecified atom stereocenters. The second-order valence-corrected chi connectivity index (χ2v) is 5.69. The standard InChI is InChI=1S/C18H18N2O3/c21-16(20-11-8-15(9-12-20)18(22)23)7-6-14-4-1-3-13-5-2-10-19-17(13)14/h1-7,10,15H,8-9,11-12H2,(H,22,23)/b7-6-. The number of aromatic nitrogens is 1. The summed E-state index contributed by atoms with van der Waals surface area (Å²) in [4.78, 5) is 29.3. The van der Waals surface area contributed by atoms with E-state index in [2.05, 4.69) is 4.98 Å². The number of amides is 1. The molecule has 3 rings (SSSR count). The first-order valence-electron chi connectivity index (χ1n) is 7.68. The van der Waals surface area contributed by atoms with Crippen LogP contribution in [0.4, 0.5) is 0 Å². The Morgan fingerprint density at radius 1 is 1.17 bits per heavy atom. The topological polar surface area (TPSA) is 70.5 Å². The van der Waals surface area contributed by atoms with Gasteiger partial charge in [0.15, 0.2) is 0 Å². The molecule has 0 aliphatic carbocycles. The molecule has 0 spiro atoms. The third-order valence-electron chi connectivity index (χ3n) is 4.23. The van der Waals surface area contributed by atoms with Crippen LogP contribution in [0.25, 0.3) is 17.0 Å². The number of fused-ring (bicyclic) bond motifs is 1. The zero-order chi connectivity index (χ0) is 16.2. The summed E-state index contributed by atoms with van der Waals surface area (Å²) in [5.41, 5.74) is 1.76. The number of benzene rings is 1. The highest BCUT2D eigenvalue weighted by Gasteiger charge is 2.25. The van der Waals surface area contributed by atoms with E-state index in [1.165, 1.54) is 0 Å². The van der Waals surface area contributed by atoms with Gasteiger partial charge >= 0.3 is 5.97 Å². The number of carbonyl (C=O) groups is 2. The number of hydrogen-bond acceptors (Lipinski definition) is 3. The van der Waals surface area contributed by atoms with Crippen LogP contribution >= 0.6 is 0 Å². The van der Waals surface area contributed by atoms with E-state index in [0.717, 1.165) is 16.5 Å². The Balaban J connectivity index is 1.70. The first-order chi connectivity index (χ1) is 11.1. The van der Waals surface area contributed by atoms with Crippen molar-refractivity contribution >= 4 is 28.9 Å². The molecule has 1 aliphatic heterocycles. The van der Waals surface area contributed by atoms with Crippen molar-refractivity contribution < 1.29 is 14.7 Å². The second kappa shape index (κ2) is 6.60. The SMILES string of the molecule is O=C(O)C1CCN(C(=O)/C=C\c2cccc3cccnc23)CC1. The molecule has 1 aromatic carbocycles. The summed E-state index contributed by atoms with van der Waals surface area (Å²) in [6.45, 7) is 0.988. The molecule has 2 heterocycles. The van der Waals surface area contributed by atoms with E-state index in [1.54, 1.807) is 23.2 Å². The predicted molar refractivity (Wildman–Crippen MR) is 87.7 cm³/mol. The number of para-hydroxylation sites is 1. The van der Waals surface area contributed by atoms with Crippen molar-refractivity contribution in [1.29, 1.82) is 0 Å². The molecule has 5 nitrogen and oxygen atoms in total. The largest absolute Gasteiger partial charge is 0.481 e. The fourth-order valence-electron chi connectivity index (χ4n) is 2.88. The number of piperidine rings is 1. The summed E-state index contributed by atoms with van der Waals surface area (Å²) in [6, 6.07) is 9.71. The molecule has 5 heteroatoms. The maximum absolute atomic E-state index is 12.3. The van der Waals surface area contributed by atoms with Gasteiger partial charge in [-0.25, -0.2) is 0 Å². The molecular formula is C18H18N2O3. The van der Waals surface area contributed by atoms with E-state index in [4.69, 9.17) is 5.11 Å². The van der Waals surface area contributed by atoms with E-state index in [9.17, 15) is 9.59 Å². The Kier molecular flexibility index (Phi) is 4.37. The quantitative estimate of drug-likeness (QED) is 0.885. The van der Waals surface area contributed by atoms with Gasteiger partial charge in [0.05, 0.1) is 11.4 Å². The van der Waals surface area contributed by atoms with Gasteiger partial charge in [-0.3, -0.25) is 14.6 Å². The average molecular weight is 310 g/mol. The van der Waals surface area contributed by atoms with Gasteiger partial charge < -0.3 is 10.0 Å². The van der Waals surface area contributed by atoms with Gasteiger partial charge in [-0.1, -0.05) is 24.3 Å². The number of nitrogens with zero attached hydrogens (tertiary/aromatic N) is 2. The lowest BCUT2D eigenvalue weighted by molar-refractivity contribution is -0.144. The molecule has 1 aliphatic rings. The van der Waals surface area contributed by atoms with E-state index in [1.807, 2.05) is 30.3 Å². The lowest BCUT2D eigenvalue weighted by Gasteiger charge is -2.29. The van der Waals surface area contributed by atoms with Crippen LogP contribution < -0.4 is 0 Å².